The van der Waals surface area contributed by atoms with Crippen molar-refractivity contribution in [3.63, 3.8) is 0 Å². The second-order valence-electron chi connectivity index (χ2n) is 7.00. The van der Waals surface area contributed by atoms with E-state index in [4.69, 9.17) is 0 Å². The Hall–Kier alpha value is -1.40. The Balaban J connectivity index is 1.65. The molecule has 1 aromatic rings. The molecule has 2 heterocycles. The van der Waals surface area contributed by atoms with Gasteiger partial charge in [-0.2, -0.15) is 5.10 Å². The molecule has 3 rings (SSSR count). The maximum absolute atomic E-state index is 11.6. The molecule has 0 spiro atoms. The third kappa shape index (κ3) is 4.12. The number of hydrogen-bond acceptors (Lipinski definition) is 4. The Morgan fingerprint density at radius 1 is 1.30 bits per heavy atom. The summed E-state index contributed by atoms with van der Waals surface area (Å²) in [7, 11) is 0. The highest BCUT2D eigenvalue weighted by atomic mass is 16.3. The fraction of sp³-hybridized carbons (Fsp3) is 0.765. The topological polar surface area (TPSA) is 72.5 Å². The van der Waals surface area contributed by atoms with Gasteiger partial charge in [0.2, 0.25) is 5.91 Å². The molecule has 23 heavy (non-hydrogen) atoms. The molecule has 1 unspecified atom stereocenters. The molecule has 1 saturated heterocycles. The van der Waals surface area contributed by atoms with E-state index < -0.39 is 6.10 Å². The zero-order chi connectivity index (χ0) is 16.2. The molecule has 1 saturated carbocycles. The number of carbonyl (C=O) groups is 1. The number of aliphatic hydroxyl groups is 1. The van der Waals surface area contributed by atoms with E-state index in [9.17, 15) is 9.90 Å². The molecule has 1 aromatic heterocycles. The van der Waals surface area contributed by atoms with Gasteiger partial charge in [-0.1, -0.05) is 19.3 Å². The van der Waals surface area contributed by atoms with Gasteiger partial charge in [0.05, 0.1) is 12.3 Å². The SMILES string of the molecule is CC(=O)N1CCN(Cc2cn[nH]c2C2CCCCC2)CC(O)C1. The zero-order valence-corrected chi connectivity index (χ0v) is 14.0. The molecule has 0 bridgehead atoms. The average Bonchev–Trinajstić information content (AvgIpc) is 2.91. The summed E-state index contributed by atoms with van der Waals surface area (Å²) in [6, 6.07) is 0. The molecule has 1 amide bonds. The maximum Gasteiger partial charge on any atom is 0.219 e. The molecule has 0 aromatic carbocycles. The van der Waals surface area contributed by atoms with Gasteiger partial charge in [-0.05, 0) is 12.8 Å². The molecule has 128 valence electrons. The van der Waals surface area contributed by atoms with Crippen molar-refractivity contribution in [2.75, 3.05) is 26.2 Å². The average molecular weight is 320 g/mol. The molecular formula is C17H28N4O2. The fourth-order valence-corrected chi connectivity index (χ4v) is 3.92. The van der Waals surface area contributed by atoms with E-state index in [1.165, 1.54) is 43.4 Å². The van der Waals surface area contributed by atoms with Crippen molar-refractivity contribution in [1.82, 2.24) is 20.0 Å². The maximum atomic E-state index is 11.6. The van der Waals surface area contributed by atoms with Gasteiger partial charge in [-0.3, -0.25) is 14.8 Å². The number of nitrogens with zero attached hydrogens (tertiary/aromatic N) is 3. The second kappa shape index (κ2) is 7.45. The van der Waals surface area contributed by atoms with Gasteiger partial charge in [0.15, 0.2) is 0 Å². The Morgan fingerprint density at radius 2 is 2.09 bits per heavy atom. The molecule has 1 aliphatic carbocycles. The number of β-amino-alcohol motifs (C(OH)–C–C–N with tert-alkyl or cyclic N) is 1. The van der Waals surface area contributed by atoms with Gasteiger partial charge in [-0.15, -0.1) is 0 Å². The minimum absolute atomic E-state index is 0.0390. The van der Waals surface area contributed by atoms with Crippen molar-refractivity contribution >= 4 is 5.91 Å². The van der Waals surface area contributed by atoms with Crippen molar-refractivity contribution in [3.8, 4) is 0 Å². The van der Waals surface area contributed by atoms with E-state index >= 15 is 0 Å². The third-order valence-electron chi connectivity index (χ3n) is 5.19. The number of aliphatic hydroxyl groups excluding tert-OH is 1. The molecule has 2 N–H and O–H groups in total. The largest absolute Gasteiger partial charge is 0.390 e. The minimum atomic E-state index is -0.480. The predicted octanol–water partition coefficient (Wildman–Crippen LogP) is 1.48. The molecule has 2 aliphatic rings. The second-order valence-corrected chi connectivity index (χ2v) is 7.00. The van der Waals surface area contributed by atoms with E-state index in [-0.39, 0.29) is 5.91 Å². The van der Waals surface area contributed by atoms with Crippen LogP contribution in [-0.2, 0) is 11.3 Å². The van der Waals surface area contributed by atoms with Crippen molar-refractivity contribution < 1.29 is 9.90 Å². The monoisotopic (exact) mass is 320 g/mol. The van der Waals surface area contributed by atoms with Crippen LogP contribution in [0.3, 0.4) is 0 Å². The van der Waals surface area contributed by atoms with Gasteiger partial charge >= 0.3 is 0 Å². The van der Waals surface area contributed by atoms with Gasteiger partial charge in [0.25, 0.3) is 0 Å². The molecule has 6 heteroatoms. The fourth-order valence-electron chi connectivity index (χ4n) is 3.92. The quantitative estimate of drug-likeness (QED) is 0.885. The zero-order valence-electron chi connectivity index (χ0n) is 14.0. The number of rotatable bonds is 3. The van der Waals surface area contributed by atoms with Crippen LogP contribution in [0.25, 0.3) is 0 Å². The number of hydrogen-bond donors (Lipinski definition) is 2. The number of aromatic amines is 1. The molecule has 0 radical (unpaired) electrons. The highest BCUT2D eigenvalue weighted by molar-refractivity contribution is 5.73. The van der Waals surface area contributed by atoms with Crippen LogP contribution in [0, 0.1) is 0 Å². The highest BCUT2D eigenvalue weighted by Crippen LogP contribution is 2.33. The van der Waals surface area contributed by atoms with Gasteiger partial charge in [-0.25, -0.2) is 0 Å². The molecule has 6 nitrogen and oxygen atoms in total. The first-order valence-corrected chi connectivity index (χ1v) is 8.81. The van der Waals surface area contributed by atoms with Crippen molar-refractivity contribution in [3.05, 3.63) is 17.5 Å². The van der Waals surface area contributed by atoms with Crippen LogP contribution in [0.1, 0.15) is 56.2 Å². The summed E-state index contributed by atoms with van der Waals surface area (Å²) in [6.07, 6.45) is 7.90. The number of carbonyl (C=O) groups excluding carboxylic acids is 1. The van der Waals surface area contributed by atoms with Gasteiger partial charge in [0, 0.05) is 56.8 Å². The first kappa shape index (κ1) is 16.5. The van der Waals surface area contributed by atoms with Crippen LogP contribution in [-0.4, -0.2) is 63.3 Å². The molecule has 1 aliphatic heterocycles. The number of amides is 1. The van der Waals surface area contributed by atoms with Crippen molar-refractivity contribution in [2.45, 2.75) is 57.6 Å². The van der Waals surface area contributed by atoms with Crippen LogP contribution in [0.2, 0.25) is 0 Å². The Morgan fingerprint density at radius 3 is 2.83 bits per heavy atom. The minimum Gasteiger partial charge on any atom is -0.390 e. The summed E-state index contributed by atoms with van der Waals surface area (Å²) in [5, 5.41) is 17.7. The van der Waals surface area contributed by atoms with E-state index in [0.717, 1.165) is 13.1 Å². The smallest absolute Gasteiger partial charge is 0.219 e. The first-order chi connectivity index (χ1) is 11.1. The summed E-state index contributed by atoms with van der Waals surface area (Å²) >= 11 is 0. The van der Waals surface area contributed by atoms with E-state index in [1.807, 2.05) is 6.20 Å². The van der Waals surface area contributed by atoms with Crippen molar-refractivity contribution in [2.24, 2.45) is 0 Å². The van der Waals surface area contributed by atoms with Crippen LogP contribution < -0.4 is 0 Å². The standard InChI is InChI=1S/C17H28N4O2/c1-13(22)21-8-7-20(11-16(23)12-21)10-15-9-18-19-17(15)14-5-3-2-4-6-14/h9,14,16,23H,2-8,10-12H2,1H3,(H,18,19). The third-order valence-corrected chi connectivity index (χ3v) is 5.19. The predicted molar refractivity (Wildman–Crippen MR) is 88.0 cm³/mol. The summed E-state index contributed by atoms with van der Waals surface area (Å²) < 4.78 is 0. The summed E-state index contributed by atoms with van der Waals surface area (Å²) in [5.41, 5.74) is 2.53. The number of H-pyrrole nitrogens is 1. The van der Waals surface area contributed by atoms with Crippen LogP contribution in [0.4, 0.5) is 0 Å². The lowest BCUT2D eigenvalue weighted by Gasteiger charge is -2.24. The first-order valence-electron chi connectivity index (χ1n) is 8.81. The lowest BCUT2D eigenvalue weighted by atomic mass is 9.85. The number of nitrogens with one attached hydrogen (secondary N) is 1. The van der Waals surface area contributed by atoms with Crippen LogP contribution in [0.5, 0.6) is 0 Å². The molecular weight excluding hydrogens is 292 g/mol. The summed E-state index contributed by atoms with van der Waals surface area (Å²) in [6.45, 7) is 4.89. The summed E-state index contributed by atoms with van der Waals surface area (Å²) in [4.78, 5) is 15.5. The van der Waals surface area contributed by atoms with E-state index in [0.29, 0.717) is 25.6 Å². The normalized spacial score (nSPS) is 24.6. The Bertz CT molecular complexity index is 524. The molecule has 2 fully saturated rings. The lowest BCUT2D eigenvalue weighted by molar-refractivity contribution is -0.129. The van der Waals surface area contributed by atoms with E-state index in [2.05, 4.69) is 15.1 Å². The Kier molecular flexibility index (Phi) is 5.33. The summed E-state index contributed by atoms with van der Waals surface area (Å²) in [5.74, 6) is 0.643. The lowest BCUT2D eigenvalue weighted by Crippen LogP contribution is -2.36. The van der Waals surface area contributed by atoms with Gasteiger partial charge in [0.1, 0.15) is 0 Å². The Labute approximate surface area is 137 Å². The van der Waals surface area contributed by atoms with Crippen LogP contribution in [0.15, 0.2) is 6.20 Å². The van der Waals surface area contributed by atoms with Crippen LogP contribution >= 0.6 is 0 Å². The van der Waals surface area contributed by atoms with Crippen molar-refractivity contribution in [1.29, 1.82) is 0 Å². The van der Waals surface area contributed by atoms with E-state index in [1.54, 1.807) is 11.8 Å². The highest BCUT2D eigenvalue weighted by Gasteiger charge is 2.25. The molecule has 1 atom stereocenters. The number of aromatic nitrogens is 2. The van der Waals surface area contributed by atoms with Gasteiger partial charge < -0.3 is 10.0 Å².